The molecule has 1 aliphatic rings. The minimum Gasteiger partial charge on any atom is -0.346 e. The number of carbonyl (C=O) groups is 1. The molecule has 1 aliphatic heterocycles. The number of thiazole rings is 1. The molecule has 1 saturated heterocycles. The van der Waals surface area contributed by atoms with Gasteiger partial charge in [0.2, 0.25) is 0 Å². The molecule has 21 heavy (non-hydrogen) atoms. The van der Waals surface area contributed by atoms with Gasteiger partial charge in [-0.25, -0.2) is 4.98 Å². The Morgan fingerprint density at radius 3 is 2.95 bits per heavy atom. The summed E-state index contributed by atoms with van der Waals surface area (Å²) >= 11 is 1.51. The predicted molar refractivity (Wildman–Crippen MR) is 85.5 cm³/mol. The first-order valence-electron chi connectivity index (χ1n) is 7.26. The standard InChI is InChI=1S/C16H19N3OS/c1-11-7-8-17-9-13(11)18-15(20)14-10-21-16(19-14)12-5-3-2-4-6-12/h2-6,10-11,13,17H,7-9H2,1H3,(H,18,20). The molecule has 2 atom stereocenters. The van der Waals surface area contributed by atoms with E-state index in [4.69, 9.17) is 0 Å². The van der Waals surface area contributed by atoms with Crippen molar-refractivity contribution in [2.24, 2.45) is 5.92 Å². The molecule has 2 unspecified atom stereocenters. The Morgan fingerprint density at radius 2 is 2.19 bits per heavy atom. The third-order valence-electron chi connectivity index (χ3n) is 3.90. The molecule has 0 saturated carbocycles. The van der Waals surface area contributed by atoms with Gasteiger partial charge >= 0.3 is 0 Å². The molecule has 0 radical (unpaired) electrons. The van der Waals surface area contributed by atoms with Crippen LogP contribution in [-0.4, -0.2) is 30.0 Å². The van der Waals surface area contributed by atoms with Crippen LogP contribution in [0.5, 0.6) is 0 Å². The highest BCUT2D eigenvalue weighted by Gasteiger charge is 2.24. The van der Waals surface area contributed by atoms with E-state index < -0.39 is 0 Å². The number of rotatable bonds is 3. The Balaban J connectivity index is 1.69. The van der Waals surface area contributed by atoms with Crippen LogP contribution in [0.1, 0.15) is 23.8 Å². The summed E-state index contributed by atoms with van der Waals surface area (Å²) < 4.78 is 0. The number of benzene rings is 1. The largest absolute Gasteiger partial charge is 0.346 e. The second-order valence-corrected chi connectivity index (χ2v) is 6.31. The van der Waals surface area contributed by atoms with Crippen LogP contribution in [0.25, 0.3) is 10.6 Å². The topological polar surface area (TPSA) is 54.0 Å². The van der Waals surface area contributed by atoms with Crippen molar-refractivity contribution >= 4 is 17.2 Å². The fourth-order valence-corrected chi connectivity index (χ4v) is 3.32. The summed E-state index contributed by atoms with van der Waals surface area (Å²) in [5.74, 6) is 0.427. The van der Waals surface area contributed by atoms with Crippen LogP contribution < -0.4 is 10.6 Å². The molecule has 0 bridgehead atoms. The molecule has 5 heteroatoms. The number of carbonyl (C=O) groups excluding carboxylic acids is 1. The van der Waals surface area contributed by atoms with E-state index in [1.165, 1.54) is 11.3 Å². The lowest BCUT2D eigenvalue weighted by Gasteiger charge is -2.29. The number of nitrogens with one attached hydrogen (secondary N) is 2. The number of amides is 1. The van der Waals surface area contributed by atoms with Crippen LogP contribution in [0, 0.1) is 5.92 Å². The van der Waals surface area contributed by atoms with Gasteiger partial charge in [0.05, 0.1) is 0 Å². The number of hydrogen-bond donors (Lipinski definition) is 2. The van der Waals surface area contributed by atoms with Gasteiger partial charge in [-0.1, -0.05) is 37.3 Å². The lowest BCUT2D eigenvalue weighted by molar-refractivity contribution is 0.0911. The fraction of sp³-hybridized carbons (Fsp3) is 0.375. The summed E-state index contributed by atoms with van der Waals surface area (Å²) in [5, 5.41) is 9.13. The van der Waals surface area contributed by atoms with E-state index in [9.17, 15) is 4.79 Å². The van der Waals surface area contributed by atoms with E-state index in [0.717, 1.165) is 30.1 Å². The van der Waals surface area contributed by atoms with Crippen LogP contribution in [0.15, 0.2) is 35.7 Å². The van der Waals surface area contributed by atoms with Crippen LogP contribution in [-0.2, 0) is 0 Å². The molecule has 1 aromatic heterocycles. The zero-order chi connectivity index (χ0) is 14.7. The lowest BCUT2D eigenvalue weighted by atomic mass is 9.95. The summed E-state index contributed by atoms with van der Waals surface area (Å²) in [6.45, 7) is 4.05. The monoisotopic (exact) mass is 301 g/mol. The van der Waals surface area contributed by atoms with Gasteiger partial charge in [0, 0.05) is 23.5 Å². The maximum absolute atomic E-state index is 12.3. The van der Waals surface area contributed by atoms with Crippen molar-refractivity contribution < 1.29 is 4.79 Å². The molecule has 0 spiro atoms. The second-order valence-electron chi connectivity index (χ2n) is 5.45. The minimum absolute atomic E-state index is 0.0750. The highest BCUT2D eigenvalue weighted by molar-refractivity contribution is 7.13. The van der Waals surface area contributed by atoms with Gasteiger partial charge in [-0.2, -0.15) is 0 Å². The number of nitrogens with zero attached hydrogens (tertiary/aromatic N) is 1. The third-order valence-corrected chi connectivity index (χ3v) is 4.79. The molecule has 3 rings (SSSR count). The summed E-state index contributed by atoms with van der Waals surface area (Å²) in [7, 11) is 0. The molecule has 1 amide bonds. The fourth-order valence-electron chi connectivity index (χ4n) is 2.52. The van der Waals surface area contributed by atoms with Gasteiger partial charge in [-0.15, -0.1) is 11.3 Å². The Morgan fingerprint density at radius 1 is 1.38 bits per heavy atom. The second kappa shape index (κ2) is 6.37. The van der Waals surface area contributed by atoms with Crippen molar-refractivity contribution in [3.63, 3.8) is 0 Å². The molecule has 0 aliphatic carbocycles. The van der Waals surface area contributed by atoms with Crippen molar-refractivity contribution in [2.75, 3.05) is 13.1 Å². The molecule has 1 aromatic carbocycles. The van der Waals surface area contributed by atoms with Crippen LogP contribution in [0.4, 0.5) is 0 Å². The zero-order valence-corrected chi connectivity index (χ0v) is 12.8. The first-order chi connectivity index (χ1) is 10.2. The van der Waals surface area contributed by atoms with Crippen LogP contribution in [0.2, 0.25) is 0 Å². The summed E-state index contributed by atoms with van der Waals surface area (Å²) in [6, 6.07) is 10.1. The molecule has 2 aromatic rings. The van der Waals surface area contributed by atoms with Gasteiger partial charge in [0.15, 0.2) is 0 Å². The summed E-state index contributed by atoms with van der Waals surface area (Å²) in [5.41, 5.74) is 1.56. The van der Waals surface area contributed by atoms with Gasteiger partial charge in [0.25, 0.3) is 5.91 Å². The van der Waals surface area contributed by atoms with Crippen molar-refractivity contribution in [1.29, 1.82) is 0 Å². The zero-order valence-electron chi connectivity index (χ0n) is 12.0. The van der Waals surface area contributed by atoms with E-state index in [-0.39, 0.29) is 11.9 Å². The van der Waals surface area contributed by atoms with Crippen molar-refractivity contribution in [3.05, 3.63) is 41.4 Å². The maximum Gasteiger partial charge on any atom is 0.271 e. The van der Waals surface area contributed by atoms with Crippen molar-refractivity contribution in [1.82, 2.24) is 15.6 Å². The molecular formula is C16H19N3OS. The Labute approximate surface area is 128 Å². The number of hydrogen-bond acceptors (Lipinski definition) is 4. The molecule has 2 N–H and O–H groups in total. The molecular weight excluding hydrogens is 282 g/mol. The Hall–Kier alpha value is -1.72. The molecule has 2 heterocycles. The molecule has 1 fully saturated rings. The smallest absolute Gasteiger partial charge is 0.271 e. The number of aromatic nitrogens is 1. The van der Waals surface area contributed by atoms with Crippen molar-refractivity contribution in [3.8, 4) is 10.6 Å². The van der Waals surface area contributed by atoms with Gasteiger partial charge < -0.3 is 10.6 Å². The van der Waals surface area contributed by atoms with E-state index in [1.807, 2.05) is 35.7 Å². The summed E-state index contributed by atoms with van der Waals surface area (Å²) in [6.07, 6.45) is 1.09. The van der Waals surface area contributed by atoms with Gasteiger partial charge in [-0.05, 0) is 18.9 Å². The van der Waals surface area contributed by atoms with Gasteiger partial charge in [0.1, 0.15) is 10.7 Å². The Kier molecular flexibility index (Phi) is 4.31. The first-order valence-corrected chi connectivity index (χ1v) is 8.14. The van der Waals surface area contributed by atoms with Crippen LogP contribution in [0.3, 0.4) is 0 Å². The van der Waals surface area contributed by atoms with E-state index >= 15 is 0 Å². The normalized spacial score (nSPS) is 22.0. The average Bonchev–Trinajstić information content (AvgIpc) is 3.00. The van der Waals surface area contributed by atoms with Gasteiger partial charge in [-0.3, -0.25) is 4.79 Å². The quantitative estimate of drug-likeness (QED) is 0.916. The van der Waals surface area contributed by atoms with Crippen LogP contribution >= 0.6 is 11.3 Å². The lowest BCUT2D eigenvalue weighted by Crippen LogP contribution is -2.50. The van der Waals surface area contributed by atoms with Crippen molar-refractivity contribution in [2.45, 2.75) is 19.4 Å². The number of piperidine rings is 1. The molecule has 110 valence electrons. The van der Waals surface area contributed by atoms with E-state index in [1.54, 1.807) is 0 Å². The Bertz CT molecular complexity index is 611. The maximum atomic E-state index is 12.3. The van der Waals surface area contributed by atoms with E-state index in [0.29, 0.717) is 11.6 Å². The molecule has 4 nitrogen and oxygen atoms in total. The average molecular weight is 301 g/mol. The first kappa shape index (κ1) is 14.2. The highest BCUT2D eigenvalue weighted by atomic mass is 32.1. The highest BCUT2D eigenvalue weighted by Crippen LogP contribution is 2.23. The predicted octanol–water partition coefficient (Wildman–Crippen LogP) is 2.54. The SMILES string of the molecule is CC1CCNCC1NC(=O)c1csc(-c2ccccc2)n1. The summed E-state index contributed by atoms with van der Waals surface area (Å²) in [4.78, 5) is 16.8. The third kappa shape index (κ3) is 3.31. The minimum atomic E-state index is -0.0750. The van der Waals surface area contributed by atoms with E-state index in [2.05, 4.69) is 22.5 Å².